The number of ether oxygens (including phenoxy) is 1. The molecule has 1 saturated heterocycles. The molecular formula is C45H50Cl2N6O4. The van der Waals surface area contributed by atoms with Gasteiger partial charge in [-0.25, -0.2) is 4.79 Å². The van der Waals surface area contributed by atoms with Crippen molar-refractivity contribution in [3.63, 3.8) is 0 Å². The van der Waals surface area contributed by atoms with E-state index in [1.807, 2.05) is 74.7 Å². The third-order valence-corrected chi connectivity index (χ3v) is 13.0. The molecule has 5 heterocycles. The number of aromatic nitrogens is 4. The highest BCUT2D eigenvalue weighted by Crippen LogP contribution is 2.46. The number of benzene rings is 3. The molecule has 57 heavy (non-hydrogen) atoms. The van der Waals surface area contributed by atoms with E-state index in [1.165, 1.54) is 19.3 Å². The molecule has 0 aliphatic carbocycles. The summed E-state index contributed by atoms with van der Waals surface area (Å²) in [6, 6.07) is 13.0. The molecule has 8 rings (SSSR count). The summed E-state index contributed by atoms with van der Waals surface area (Å²) < 4.78 is 12.5. The molecule has 3 aromatic carbocycles. The average Bonchev–Trinajstić information content (AvgIpc) is 3.81. The molecular weight excluding hydrogens is 759 g/mol. The summed E-state index contributed by atoms with van der Waals surface area (Å²) in [5.41, 5.74) is 9.95. The van der Waals surface area contributed by atoms with Gasteiger partial charge in [-0.05, 0) is 126 Å². The fraction of sp³-hybridized carbons (Fsp3) is 0.400. The molecule has 3 aromatic heterocycles. The molecule has 0 spiro atoms. The number of fused-ring (bicyclic) bond motifs is 4. The Morgan fingerprint density at radius 1 is 0.947 bits per heavy atom. The summed E-state index contributed by atoms with van der Waals surface area (Å²) in [5, 5.41) is 17.9. The van der Waals surface area contributed by atoms with Crippen LogP contribution in [-0.2, 0) is 20.0 Å². The lowest BCUT2D eigenvalue weighted by Crippen LogP contribution is -2.42. The van der Waals surface area contributed by atoms with Gasteiger partial charge in [0.2, 0.25) is 0 Å². The van der Waals surface area contributed by atoms with Crippen molar-refractivity contribution in [2.24, 2.45) is 7.05 Å². The molecule has 1 fully saturated rings. The number of halogens is 2. The number of carboxylic acid groups (broad SMARTS) is 1. The lowest BCUT2D eigenvalue weighted by molar-refractivity contribution is 0.0696. The zero-order chi connectivity index (χ0) is 40.3. The largest absolute Gasteiger partial charge is 0.494 e. The molecule has 1 atom stereocenters. The van der Waals surface area contributed by atoms with E-state index < -0.39 is 5.97 Å². The van der Waals surface area contributed by atoms with Gasteiger partial charge in [-0.15, -0.1) is 0 Å². The van der Waals surface area contributed by atoms with Gasteiger partial charge in [-0.3, -0.25) is 9.48 Å². The highest BCUT2D eigenvalue weighted by molar-refractivity contribution is 6.35. The lowest BCUT2D eigenvalue weighted by atomic mass is 9.98. The van der Waals surface area contributed by atoms with Crippen LogP contribution in [0.3, 0.4) is 0 Å². The first-order valence-corrected chi connectivity index (χ1v) is 20.7. The van der Waals surface area contributed by atoms with Crippen LogP contribution in [0.4, 0.5) is 5.69 Å². The molecule has 2 aliphatic heterocycles. The van der Waals surface area contributed by atoms with Crippen molar-refractivity contribution in [1.29, 1.82) is 0 Å². The van der Waals surface area contributed by atoms with Crippen molar-refractivity contribution < 1.29 is 19.4 Å². The number of carboxylic acids is 1. The van der Waals surface area contributed by atoms with Crippen molar-refractivity contribution in [3.8, 4) is 16.9 Å². The van der Waals surface area contributed by atoms with E-state index >= 15 is 4.79 Å². The second-order valence-corrected chi connectivity index (χ2v) is 16.7. The Labute approximate surface area is 343 Å². The summed E-state index contributed by atoms with van der Waals surface area (Å²) in [6.45, 7) is 14.8. The number of amides is 1. The second-order valence-electron chi connectivity index (χ2n) is 15.9. The zero-order valence-electron chi connectivity index (χ0n) is 33.6. The maximum Gasteiger partial charge on any atom is 0.335 e. The Balaban J connectivity index is 1.24. The topological polar surface area (TPSA) is 97.8 Å². The minimum Gasteiger partial charge on any atom is -0.494 e. The first kappa shape index (κ1) is 39.1. The maximum absolute atomic E-state index is 15.3. The zero-order valence-corrected chi connectivity index (χ0v) is 35.1. The molecule has 0 saturated carbocycles. The number of aryl methyl sites for hydroxylation is 5. The van der Waals surface area contributed by atoms with Crippen molar-refractivity contribution in [2.75, 3.05) is 37.7 Å². The second kappa shape index (κ2) is 15.5. The number of piperidine rings is 1. The third kappa shape index (κ3) is 6.99. The monoisotopic (exact) mass is 808 g/mol. The van der Waals surface area contributed by atoms with Crippen molar-refractivity contribution >= 4 is 62.6 Å². The molecule has 0 bridgehead atoms. The molecule has 1 N–H and O–H groups in total. The maximum atomic E-state index is 15.3. The third-order valence-electron chi connectivity index (χ3n) is 12.1. The first-order chi connectivity index (χ1) is 27.3. The lowest BCUT2D eigenvalue weighted by Gasteiger charge is -2.34. The molecule has 0 unspecified atom stereocenters. The van der Waals surface area contributed by atoms with Gasteiger partial charge < -0.3 is 28.8 Å². The van der Waals surface area contributed by atoms with Gasteiger partial charge in [0.25, 0.3) is 5.91 Å². The molecule has 298 valence electrons. The minimum atomic E-state index is -0.999. The van der Waals surface area contributed by atoms with Crippen LogP contribution in [0.25, 0.3) is 32.9 Å². The molecule has 0 radical (unpaired) electrons. The standard InChI is InChI=1S/C45H50Cl2N6O4/c1-26-21-32(22-27(2)41(26)47)57-20-10-11-33-34-13-14-36(46)40(39-29(4)48-49(6)30(39)5)42(34)53-28(3)24-52(44(54)43(33)53)38-25-51(19-18-50-16-8-7-9-17-50)37-15-12-31(45(55)56)23-35(37)38/h12-15,21-23,25,28H,7-11,16-20,24H2,1-6H3,(H,55,56)/t28-/m1/s1. The number of nitrogens with zero attached hydrogens (tertiary/aromatic N) is 6. The Morgan fingerprint density at radius 3 is 2.37 bits per heavy atom. The van der Waals surface area contributed by atoms with Crippen LogP contribution >= 0.6 is 23.2 Å². The van der Waals surface area contributed by atoms with Gasteiger partial charge in [0.05, 0.1) is 39.6 Å². The summed E-state index contributed by atoms with van der Waals surface area (Å²) in [4.78, 5) is 32.0. The van der Waals surface area contributed by atoms with E-state index in [0.717, 1.165) is 104 Å². The van der Waals surface area contributed by atoms with Crippen molar-refractivity contribution in [3.05, 3.63) is 98.0 Å². The Kier molecular flexibility index (Phi) is 10.6. The van der Waals surface area contributed by atoms with Gasteiger partial charge in [0, 0.05) is 71.5 Å². The number of hydrogen-bond acceptors (Lipinski definition) is 5. The normalized spacial score (nSPS) is 16.2. The Bertz CT molecular complexity index is 2540. The van der Waals surface area contributed by atoms with Gasteiger partial charge in [0.1, 0.15) is 11.4 Å². The Hall–Kier alpha value is -4.77. The highest BCUT2D eigenvalue weighted by Gasteiger charge is 2.38. The number of anilines is 1. The Morgan fingerprint density at radius 2 is 1.68 bits per heavy atom. The van der Waals surface area contributed by atoms with Crippen LogP contribution in [0, 0.1) is 27.7 Å². The van der Waals surface area contributed by atoms with E-state index in [9.17, 15) is 9.90 Å². The first-order valence-electron chi connectivity index (χ1n) is 20.0. The fourth-order valence-electron chi connectivity index (χ4n) is 9.18. The van der Waals surface area contributed by atoms with Gasteiger partial charge in [-0.1, -0.05) is 35.7 Å². The molecule has 10 nitrogen and oxygen atoms in total. The van der Waals surface area contributed by atoms with Crippen LogP contribution < -0.4 is 9.64 Å². The SMILES string of the molecule is Cc1cc(OCCCc2c3n(c4c(-c5c(C)nn(C)c5C)c(Cl)ccc24)[C@H](C)CN(c2cn(CCN4CCCCC4)c4ccc(C(=O)O)cc24)C3=O)cc(C)c1Cl. The smallest absolute Gasteiger partial charge is 0.335 e. The van der Waals surface area contributed by atoms with Crippen LogP contribution in [0.2, 0.25) is 10.0 Å². The van der Waals surface area contributed by atoms with E-state index in [1.54, 1.807) is 12.1 Å². The molecule has 6 aromatic rings. The van der Waals surface area contributed by atoms with Crippen LogP contribution in [0.5, 0.6) is 5.75 Å². The summed E-state index contributed by atoms with van der Waals surface area (Å²) in [7, 11) is 1.94. The van der Waals surface area contributed by atoms with Crippen LogP contribution in [0.1, 0.15) is 87.6 Å². The molecule has 2 aliphatic rings. The van der Waals surface area contributed by atoms with E-state index in [2.05, 4.69) is 27.2 Å². The highest BCUT2D eigenvalue weighted by atomic mass is 35.5. The van der Waals surface area contributed by atoms with Crippen molar-refractivity contribution in [2.45, 2.75) is 79.3 Å². The number of carbonyl (C=O) groups is 2. The quantitative estimate of drug-likeness (QED) is 0.131. The number of likely N-dealkylation sites (tertiary alicyclic amines) is 1. The van der Waals surface area contributed by atoms with Crippen LogP contribution in [-0.4, -0.2) is 73.6 Å². The summed E-state index contributed by atoms with van der Waals surface area (Å²) in [6.07, 6.45) is 6.98. The number of hydrogen-bond donors (Lipinski definition) is 1. The van der Waals surface area contributed by atoms with E-state index in [4.69, 9.17) is 33.0 Å². The molecule has 12 heteroatoms. The minimum absolute atomic E-state index is 0.123. The van der Waals surface area contributed by atoms with Gasteiger partial charge >= 0.3 is 5.97 Å². The molecule has 1 amide bonds. The van der Waals surface area contributed by atoms with Gasteiger partial charge in [-0.2, -0.15) is 5.10 Å². The fourth-order valence-corrected chi connectivity index (χ4v) is 9.54. The van der Waals surface area contributed by atoms with Crippen LogP contribution in [0.15, 0.2) is 48.7 Å². The average molecular weight is 810 g/mol. The van der Waals surface area contributed by atoms with Crippen molar-refractivity contribution in [1.82, 2.24) is 23.8 Å². The number of carbonyl (C=O) groups excluding carboxylic acids is 1. The predicted octanol–water partition coefficient (Wildman–Crippen LogP) is 9.95. The number of rotatable bonds is 11. The van der Waals surface area contributed by atoms with E-state index in [0.29, 0.717) is 36.7 Å². The number of aromatic carboxylic acids is 1. The summed E-state index contributed by atoms with van der Waals surface area (Å²) >= 11 is 13.6. The summed E-state index contributed by atoms with van der Waals surface area (Å²) in [5.74, 6) is -0.356. The van der Waals surface area contributed by atoms with Gasteiger partial charge in [0.15, 0.2) is 0 Å². The van der Waals surface area contributed by atoms with E-state index in [-0.39, 0.29) is 17.5 Å². The predicted molar refractivity (Wildman–Crippen MR) is 229 cm³/mol.